The second kappa shape index (κ2) is 6.14. The van der Waals surface area contributed by atoms with Crippen molar-refractivity contribution in [2.75, 3.05) is 4.90 Å². The van der Waals surface area contributed by atoms with Gasteiger partial charge in [-0.15, -0.1) is 0 Å². The number of anilines is 1. The van der Waals surface area contributed by atoms with E-state index in [1.165, 1.54) is 4.90 Å². The largest absolute Gasteiger partial charge is 0.299 e. The van der Waals surface area contributed by atoms with Crippen LogP contribution in [0.25, 0.3) is 0 Å². The molecule has 152 valence electrons. The summed E-state index contributed by atoms with van der Waals surface area (Å²) < 4.78 is 0. The van der Waals surface area contributed by atoms with Crippen LogP contribution in [0.5, 0.6) is 0 Å². The molecular weight excluding hydrogens is 410 g/mol. The van der Waals surface area contributed by atoms with E-state index < -0.39 is 17.3 Å². The van der Waals surface area contributed by atoms with Crippen molar-refractivity contribution in [3.8, 4) is 0 Å². The summed E-state index contributed by atoms with van der Waals surface area (Å²) in [6, 6.07) is 22.2. The van der Waals surface area contributed by atoms with Crippen LogP contribution in [-0.2, 0) is 19.8 Å². The van der Waals surface area contributed by atoms with Crippen molar-refractivity contribution in [1.29, 1.82) is 0 Å². The fourth-order valence-electron chi connectivity index (χ4n) is 6.21. The molecule has 1 heterocycles. The number of carbonyl (C=O) groups excluding carboxylic acids is 3. The Labute approximate surface area is 184 Å². The topological polar surface area (TPSA) is 54.5 Å². The highest BCUT2D eigenvalue weighted by atomic mass is 35.5. The fraction of sp³-hybridized carbons (Fsp3) is 0.192. The van der Waals surface area contributed by atoms with Crippen molar-refractivity contribution in [2.45, 2.75) is 18.3 Å². The summed E-state index contributed by atoms with van der Waals surface area (Å²) in [6.07, 6.45) is 0. The maximum atomic E-state index is 13.9. The van der Waals surface area contributed by atoms with E-state index in [0.717, 1.165) is 22.3 Å². The molecule has 4 nitrogen and oxygen atoms in total. The van der Waals surface area contributed by atoms with Crippen LogP contribution in [0.2, 0.25) is 5.02 Å². The van der Waals surface area contributed by atoms with Gasteiger partial charge in [-0.2, -0.15) is 0 Å². The minimum Gasteiger partial charge on any atom is -0.299 e. The van der Waals surface area contributed by atoms with Crippen molar-refractivity contribution >= 4 is 34.9 Å². The van der Waals surface area contributed by atoms with E-state index in [9.17, 15) is 14.4 Å². The van der Waals surface area contributed by atoms with E-state index in [0.29, 0.717) is 10.7 Å². The first-order valence-corrected chi connectivity index (χ1v) is 10.7. The van der Waals surface area contributed by atoms with E-state index in [-0.39, 0.29) is 23.5 Å². The standard InChI is InChI=1S/C26H18ClNO3/c1-14(29)26-19-8-4-2-6-17(19)21(18-7-3-5-9-20(18)26)22-23(26)25(31)28(24(22)30)16-12-10-15(27)11-13-16/h2-13,21-23H,1H3/t21?,22-,23-,26?/m1/s1. The van der Waals surface area contributed by atoms with Gasteiger partial charge in [0.1, 0.15) is 5.78 Å². The lowest BCUT2D eigenvalue weighted by molar-refractivity contribution is -0.132. The second-order valence-corrected chi connectivity index (χ2v) is 8.94. The maximum absolute atomic E-state index is 13.9. The zero-order valence-electron chi connectivity index (χ0n) is 16.7. The Balaban J connectivity index is 1.67. The Bertz CT molecular complexity index is 1250. The van der Waals surface area contributed by atoms with Gasteiger partial charge in [0, 0.05) is 10.9 Å². The summed E-state index contributed by atoms with van der Waals surface area (Å²) in [5.41, 5.74) is 2.96. The fourth-order valence-corrected chi connectivity index (χ4v) is 6.34. The maximum Gasteiger partial charge on any atom is 0.239 e. The first kappa shape index (κ1) is 18.5. The Morgan fingerprint density at radius 1 is 0.839 bits per heavy atom. The lowest BCUT2D eigenvalue weighted by Gasteiger charge is -2.52. The lowest BCUT2D eigenvalue weighted by atomic mass is 9.46. The van der Waals surface area contributed by atoms with Gasteiger partial charge in [-0.25, -0.2) is 4.90 Å². The third-order valence-electron chi connectivity index (χ3n) is 7.26. The zero-order chi connectivity index (χ0) is 21.5. The number of ketones is 1. The molecule has 31 heavy (non-hydrogen) atoms. The van der Waals surface area contributed by atoms with Crippen LogP contribution in [0, 0.1) is 11.8 Å². The number of hydrogen-bond donors (Lipinski definition) is 0. The first-order chi connectivity index (χ1) is 15.0. The van der Waals surface area contributed by atoms with E-state index in [4.69, 9.17) is 11.6 Å². The molecule has 0 aromatic heterocycles. The smallest absolute Gasteiger partial charge is 0.239 e. The molecule has 0 saturated carbocycles. The summed E-state index contributed by atoms with van der Waals surface area (Å²) in [5.74, 6) is -2.31. The van der Waals surface area contributed by atoms with Gasteiger partial charge in [0.15, 0.2) is 0 Å². The Kier molecular flexibility index (Phi) is 3.67. The van der Waals surface area contributed by atoms with Crippen LogP contribution < -0.4 is 4.90 Å². The highest BCUT2D eigenvalue weighted by Gasteiger charge is 2.69. The van der Waals surface area contributed by atoms with Crippen molar-refractivity contribution in [3.63, 3.8) is 0 Å². The third kappa shape index (κ3) is 2.08. The molecule has 7 rings (SSSR count). The molecule has 0 spiro atoms. The number of Topliss-reactive ketones (excluding diaryl/α,β-unsaturated/α-hetero) is 1. The highest BCUT2D eigenvalue weighted by Crippen LogP contribution is 2.64. The Morgan fingerprint density at radius 3 is 1.94 bits per heavy atom. The number of carbonyl (C=O) groups is 3. The number of benzene rings is 3. The van der Waals surface area contributed by atoms with Crippen molar-refractivity contribution in [2.24, 2.45) is 11.8 Å². The average Bonchev–Trinajstić information content (AvgIpc) is 3.05. The molecule has 1 aliphatic heterocycles. The first-order valence-electron chi connectivity index (χ1n) is 10.3. The van der Waals surface area contributed by atoms with Gasteiger partial charge in [-0.05, 0) is 53.4 Å². The minimum atomic E-state index is -1.17. The van der Waals surface area contributed by atoms with Crippen LogP contribution >= 0.6 is 11.6 Å². The van der Waals surface area contributed by atoms with Gasteiger partial charge < -0.3 is 0 Å². The summed E-state index contributed by atoms with van der Waals surface area (Å²) in [4.78, 5) is 42.4. The number of imide groups is 1. The quantitative estimate of drug-likeness (QED) is 0.566. The summed E-state index contributed by atoms with van der Waals surface area (Å²) in [5, 5.41) is 0.528. The van der Waals surface area contributed by atoms with Crippen LogP contribution in [0.15, 0.2) is 72.8 Å². The molecular formula is C26H18ClNO3. The molecule has 3 aromatic carbocycles. The summed E-state index contributed by atoms with van der Waals surface area (Å²) in [7, 11) is 0. The van der Waals surface area contributed by atoms with E-state index in [1.54, 1.807) is 31.2 Å². The molecule has 2 bridgehead atoms. The average molecular weight is 428 g/mol. The molecule has 0 unspecified atom stereocenters. The predicted molar refractivity (Wildman–Crippen MR) is 117 cm³/mol. The van der Waals surface area contributed by atoms with E-state index >= 15 is 0 Å². The van der Waals surface area contributed by atoms with E-state index in [1.807, 2.05) is 48.5 Å². The number of nitrogens with zero attached hydrogens (tertiary/aromatic N) is 1. The molecule has 4 aliphatic rings. The van der Waals surface area contributed by atoms with Gasteiger partial charge in [-0.3, -0.25) is 14.4 Å². The SMILES string of the molecule is CC(=O)C12c3ccccc3C(c3ccccc31)[C@H]1C(=O)N(c3ccc(Cl)cc3)C(=O)[C@@H]12. The Hall–Kier alpha value is -3.24. The van der Waals surface area contributed by atoms with Gasteiger partial charge in [-0.1, -0.05) is 60.1 Å². The van der Waals surface area contributed by atoms with Crippen LogP contribution in [0.3, 0.4) is 0 Å². The number of halogens is 1. The predicted octanol–water partition coefficient (Wildman–Crippen LogP) is 4.48. The molecule has 5 heteroatoms. The number of amides is 2. The minimum absolute atomic E-state index is 0.111. The molecule has 1 saturated heterocycles. The Morgan fingerprint density at radius 2 is 1.39 bits per heavy atom. The van der Waals surface area contributed by atoms with Crippen molar-refractivity contribution in [3.05, 3.63) is 100 Å². The molecule has 0 radical (unpaired) electrons. The molecule has 0 N–H and O–H groups in total. The monoisotopic (exact) mass is 427 g/mol. The number of hydrogen-bond acceptors (Lipinski definition) is 3. The molecule has 3 aromatic rings. The number of rotatable bonds is 2. The van der Waals surface area contributed by atoms with E-state index in [2.05, 4.69) is 0 Å². The molecule has 1 fully saturated rings. The van der Waals surface area contributed by atoms with Crippen LogP contribution in [0.4, 0.5) is 5.69 Å². The molecule has 2 atom stereocenters. The zero-order valence-corrected chi connectivity index (χ0v) is 17.5. The normalized spacial score (nSPS) is 27.7. The lowest BCUT2D eigenvalue weighted by Crippen LogP contribution is -2.57. The van der Waals surface area contributed by atoms with Crippen molar-refractivity contribution in [1.82, 2.24) is 0 Å². The van der Waals surface area contributed by atoms with Crippen LogP contribution in [-0.4, -0.2) is 17.6 Å². The van der Waals surface area contributed by atoms with Gasteiger partial charge in [0.25, 0.3) is 0 Å². The second-order valence-electron chi connectivity index (χ2n) is 8.51. The van der Waals surface area contributed by atoms with Crippen molar-refractivity contribution < 1.29 is 14.4 Å². The molecule has 2 amide bonds. The third-order valence-corrected chi connectivity index (χ3v) is 7.51. The van der Waals surface area contributed by atoms with Gasteiger partial charge in [0.2, 0.25) is 11.8 Å². The van der Waals surface area contributed by atoms with Crippen LogP contribution in [0.1, 0.15) is 35.1 Å². The summed E-state index contributed by atoms with van der Waals surface area (Å²) >= 11 is 6.02. The van der Waals surface area contributed by atoms with Gasteiger partial charge in [0.05, 0.1) is 22.9 Å². The highest BCUT2D eigenvalue weighted by molar-refractivity contribution is 6.31. The van der Waals surface area contributed by atoms with Gasteiger partial charge >= 0.3 is 0 Å². The molecule has 3 aliphatic carbocycles. The summed E-state index contributed by atoms with van der Waals surface area (Å²) in [6.45, 7) is 1.54.